The molecule has 0 aromatic rings. The third-order valence-electron chi connectivity index (χ3n) is 3.60. The van der Waals surface area contributed by atoms with Crippen molar-refractivity contribution in [2.75, 3.05) is 0 Å². The maximum absolute atomic E-state index is 11.7. The van der Waals surface area contributed by atoms with Crippen LogP contribution in [0.15, 0.2) is 23.8 Å². The molecule has 1 saturated carbocycles. The highest BCUT2D eigenvalue weighted by Crippen LogP contribution is 2.50. The Hall–Kier alpha value is -0.850. The van der Waals surface area contributed by atoms with E-state index in [0.717, 1.165) is 18.4 Å². The largest absolute Gasteiger partial charge is 0.295 e. The first-order chi connectivity index (χ1) is 6.18. The van der Waals surface area contributed by atoms with Crippen LogP contribution in [-0.2, 0) is 4.79 Å². The molecule has 0 N–H and O–H groups in total. The lowest BCUT2D eigenvalue weighted by atomic mass is 9.72. The van der Waals surface area contributed by atoms with Gasteiger partial charge in [0.05, 0.1) is 0 Å². The summed E-state index contributed by atoms with van der Waals surface area (Å²) < 4.78 is 0. The van der Waals surface area contributed by atoms with E-state index in [4.69, 9.17) is 0 Å². The maximum Gasteiger partial charge on any atom is 0.159 e. The summed E-state index contributed by atoms with van der Waals surface area (Å²) in [7, 11) is 0. The standard InChI is InChI=1S/C12H16O/c1-3-10-11(13)8-9-6-4-5-7-12(9,10)2/h3,5,7,9H,4,6,8H2,1-2H3/b10-3-. The van der Waals surface area contributed by atoms with E-state index in [-0.39, 0.29) is 5.41 Å². The van der Waals surface area contributed by atoms with Gasteiger partial charge in [0.2, 0.25) is 0 Å². The Morgan fingerprint density at radius 1 is 1.62 bits per heavy atom. The minimum atomic E-state index is 0.0596. The molecule has 0 aliphatic heterocycles. The summed E-state index contributed by atoms with van der Waals surface area (Å²) in [6.07, 6.45) is 9.54. The number of Topliss-reactive ketones (excluding diaryl/α,β-unsaturated/α-hetero) is 1. The van der Waals surface area contributed by atoms with Crippen LogP contribution in [0.5, 0.6) is 0 Å². The second-order valence-electron chi connectivity index (χ2n) is 4.29. The van der Waals surface area contributed by atoms with Gasteiger partial charge in [0.1, 0.15) is 0 Å². The molecule has 1 nitrogen and oxygen atoms in total. The van der Waals surface area contributed by atoms with Crippen molar-refractivity contribution in [1.82, 2.24) is 0 Å². The SMILES string of the molecule is C/C=C1/C(=O)CC2CCC=CC12C. The Bertz CT molecular complexity index is 298. The fourth-order valence-corrected chi connectivity index (χ4v) is 2.79. The molecule has 2 atom stereocenters. The number of fused-ring (bicyclic) bond motifs is 1. The van der Waals surface area contributed by atoms with E-state index in [9.17, 15) is 4.79 Å². The van der Waals surface area contributed by atoms with Crippen LogP contribution in [0.2, 0.25) is 0 Å². The number of allylic oxidation sites excluding steroid dienone is 4. The van der Waals surface area contributed by atoms with E-state index >= 15 is 0 Å². The molecule has 2 aliphatic carbocycles. The van der Waals surface area contributed by atoms with Crippen LogP contribution in [0.1, 0.15) is 33.1 Å². The quantitative estimate of drug-likeness (QED) is 0.409. The van der Waals surface area contributed by atoms with Crippen molar-refractivity contribution in [2.45, 2.75) is 33.1 Å². The maximum atomic E-state index is 11.7. The topological polar surface area (TPSA) is 17.1 Å². The summed E-state index contributed by atoms with van der Waals surface area (Å²) in [6.45, 7) is 4.18. The van der Waals surface area contributed by atoms with Crippen LogP contribution in [-0.4, -0.2) is 5.78 Å². The van der Waals surface area contributed by atoms with Gasteiger partial charge in [0.25, 0.3) is 0 Å². The molecule has 0 saturated heterocycles. The van der Waals surface area contributed by atoms with Gasteiger partial charge in [0.15, 0.2) is 5.78 Å². The van der Waals surface area contributed by atoms with Gasteiger partial charge in [-0.3, -0.25) is 4.79 Å². The van der Waals surface area contributed by atoms with Crippen LogP contribution >= 0.6 is 0 Å². The molecule has 0 radical (unpaired) electrons. The summed E-state index contributed by atoms with van der Waals surface area (Å²) in [5, 5.41) is 0. The minimum absolute atomic E-state index is 0.0596. The first-order valence-corrected chi connectivity index (χ1v) is 5.06. The summed E-state index contributed by atoms with van der Waals surface area (Å²) >= 11 is 0. The number of ketones is 1. The van der Waals surface area contributed by atoms with Crippen LogP contribution < -0.4 is 0 Å². The van der Waals surface area contributed by atoms with E-state index in [1.54, 1.807) is 0 Å². The van der Waals surface area contributed by atoms with E-state index in [1.807, 2.05) is 13.0 Å². The Labute approximate surface area is 79.5 Å². The Kier molecular flexibility index (Phi) is 1.90. The van der Waals surface area contributed by atoms with E-state index in [1.165, 1.54) is 6.42 Å². The highest BCUT2D eigenvalue weighted by atomic mass is 16.1. The third-order valence-corrected chi connectivity index (χ3v) is 3.60. The van der Waals surface area contributed by atoms with Gasteiger partial charge in [-0.25, -0.2) is 0 Å². The first-order valence-electron chi connectivity index (χ1n) is 5.06. The predicted molar refractivity (Wildman–Crippen MR) is 53.4 cm³/mol. The highest BCUT2D eigenvalue weighted by molar-refractivity contribution is 6.00. The number of hydrogen-bond donors (Lipinski definition) is 0. The van der Waals surface area contributed by atoms with Gasteiger partial charge in [0, 0.05) is 17.4 Å². The van der Waals surface area contributed by atoms with Crippen LogP contribution in [0.4, 0.5) is 0 Å². The molecule has 1 fully saturated rings. The van der Waals surface area contributed by atoms with Gasteiger partial charge >= 0.3 is 0 Å². The van der Waals surface area contributed by atoms with Gasteiger partial charge in [-0.15, -0.1) is 0 Å². The van der Waals surface area contributed by atoms with Crippen molar-refractivity contribution >= 4 is 5.78 Å². The number of carbonyl (C=O) groups excluding carboxylic acids is 1. The lowest BCUT2D eigenvalue weighted by Crippen LogP contribution is -2.23. The third kappa shape index (κ3) is 1.10. The fourth-order valence-electron chi connectivity index (χ4n) is 2.79. The molecule has 2 rings (SSSR count). The van der Waals surface area contributed by atoms with Crippen molar-refractivity contribution in [1.29, 1.82) is 0 Å². The zero-order valence-corrected chi connectivity index (χ0v) is 8.34. The van der Waals surface area contributed by atoms with Gasteiger partial charge in [-0.1, -0.05) is 25.2 Å². The molecular weight excluding hydrogens is 160 g/mol. The zero-order chi connectivity index (χ0) is 9.47. The molecule has 0 heterocycles. The van der Waals surface area contributed by atoms with E-state index < -0.39 is 0 Å². The van der Waals surface area contributed by atoms with Crippen LogP contribution in [0.25, 0.3) is 0 Å². The van der Waals surface area contributed by atoms with Crippen molar-refractivity contribution in [3.8, 4) is 0 Å². The summed E-state index contributed by atoms with van der Waals surface area (Å²) in [4.78, 5) is 11.7. The Morgan fingerprint density at radius 2 is 2.38 bits per heavy atom. The van der Waals surface area contributed by atoms with Crippen LogP contribution in [0.3, 0.4) is 0 Å². The molecule has 0 amide bonds. The van der Waals surface area contributed by atoms with Gasteiger partial charge in [-0.2, -0.15) is 0 Å². The molecule has 70 valence electrons. The van der Waals surface area contributed by atoms with Gasteiger partial charge < -0.3 is 0 Å². The number of rotatable bonds is 0. The van der Waals surface area contributed by atoms with E-state index in [0.29, 0.717) is 11.7 Å². The first kappa shape index (κ1) is 8.74. The predicted octanol–water partition coefficient (Wildman–Crippen LogP) is 2.88. The molecule has 2 aliphatic rings. The van der Waals surface area contributed by atoms with Crippen molar-refractivity contribution in [3.63, 3.8) is 0 Å². The molecule has 0 spiro atoms. The number of hydrogen-bond acceptors (Lipinski definition) is 1. The van der Waals surface area contributed by atoms with Crippen molar-refractivity contribution in [3.05, 3.63) is 23.8 Å². The zero-order valence-electron chi connectivity index (χ0n) is 8.34. The molecule has 0 bridgehead atoms. The molecule has 1 heteroatoms. The lowest BCUT2D eigenvalue weighted by molar-refractivity contribution is -0.114. The van der Waals surface area contributed by atoms with Crippen molar-refractivity contribution in [2.24, 2.45) is 11.3 Å². The summed E-state index contributed by atoms with van der Waals surface area (Å²) in [5.41, 5.74) is 1.10. The molecule has 0 aromatic carbocycles. The molecule has 2 unspecified atom stereocenters. The van der Waals surface area contributed by atoms with E-state index in [2.05, 4.69) is 19.1 Å². The number of carbonyl (C=O) groups is 1. The average molecular weight is 176 g/mol. The summed E-state index contributed by atoms with van der Waals surface area (Å²) in [6, 6.07) is 0. The average Bonchev–Trinajstić information content (AvgIpc) is 2.35. The van der Waals surface area contributed by atoms with Crippen molar-refractivity contribution < 1.29 is 4.79 Å². The fraction of sp³-hybridized carbons (Fsp3) is 0.583. The molecule has 0 aromatic heterocycles. The Balaban J connectivity index is 2.46. The molecule has 13 heavy (non-hydrogen) atoms. The Morgan fingerprint density at radius 3 is 3.08 bits per heavy atom. The normalized spacial score (nSPS) is 41.2. The van der Waals surface area contributed by atoms with Crippen LogP contribution in [0, 0.1) is 11.3 Å². The second kappa shape index (κ2) is 2.83. The monoisotopic (exact) mass is 176 g/mol. The summed E-state index contributed by atoms with van der Waals surface area (Å²) in [5.74, 6) is 0.928. The second-order valence-corrected chi connectivity index (χ2v) is 4.29. The van der Waals surface area contributed by atoms with Gasteiger partial charge in [-0.05, 0) is 25.7 Å². The minimum Gasteiger partial charge on any atom is -0.295 e. The smallest absolute Gasteiger partial charge is 0.159 e. The highest BCUT2D eigenvalue weighted by Gasteiger charge is 2.45. The lowest BCUT2D eigenvalue weighted by Gasteiger charge is -2.31. The molecular formula is C12H16O.